The van der Waals surface area contributed by atoms with Crippen LogP contribution in [0.2, 0.25) is 0 Å². The third-order valence-electron chi connectivity index (χ3n) is 5.26. The van der Waals surface area contributed by atoms with E-state index >= 15 is 0 Å². The molecule has 33 heavy (non-hydrogen) atoms. The molecule has 5 nitrogen and oxygen atoms in total. The Morgan fingerprint density at radius 2 is 1.88 bits per heavy atom. The van der Waals surface area contributed by atoms with Gasteiger partial charge in [0.2, 0.25) is 5.91 Å². The maximum absolute atomic E-state index is 12.4. The minimum absolute atomic E-state index is 0.229. The molecule has 0 fully saturated rings. The lowest BCUT2D eigenvalue weighted by atomic mass is 10.1. The third kappa shape index (κ3) is 7.46. The number of hydrogen-bond acceptors (Lipinski definition) is 5. The highest BCUT2D eigenvalue weighted by Gasteiger charge is 2.08. The summed E-state index contributed by atoms with van der Waals surface area (Å²) in [5, 5.41) is 5.36. The van der Waals surface area contributed by atoms with E-state index in [-0.39, 0.29) is 5.91 Å². The summed E-state index contributed by atoms with van der Waals surface area (Å²) in [6.07, 6.45) is 8.88. The van der Waals surface area contributed by atoms with Crippen LogP contribution in [0.15, 0.2) is 53.9 Å². The van der Waals surface area contributed by atoms with Gasteiger partial charge in [-0.25, -0.2) is 4.98 Å². The van der Waals surface area contributed by atoms with Crippen LogP contribution >= 0.6 is 11.3 Å². The van der Waals surface area contributed by atoms with Crippen molar-refractivity contribution in [1.82, 2.24) is 4.98 Å². The highest BCUT2D eigenvalue weighted by Crippen LogP contribution is 2.29. The van der Waals surface area contributed by atoms with Crippen LogP contribution in [0.5, 0.6) is 11.5 Å². The number of thiazole rings is 1. The van der Waals surface area contributed by atoms with Gasteiger partial charge < -0.3 is 9.47 Å². The zero-order chi connectivity index (χ0) is 23.5. The number of carbonyl (C=O) groups is 1. The number of carbonyl (C=O) groups excluding carboxylic acids is 1. The first-order valence-corrected chi connectivity index (χ1v) is 12.4. The van der Waals surface area contributed by atoms with Crippen molar-refractivity contribution in [3.8, 4) is 22.8 Å². The van der Waals surface area contributed by atoms with Gasteiger partial charge in [-0.1, -0.05) is 63.4 Å². The summed E-state index contributed by atoms with van der Waals surface area (Å²) in [5.74, 6) is 1.15. The van der Waals surface area contributed by atoms with Crippen LogP contribution in [0.25, 0.3) is 17.3 Å². The van der Waals surface area contributed by atoms with E-state index < -0.39 is 0 Å². The van der Waals surface area contributed by atoms with Crippen molar-refractivity contribution in [2.24, 2.45) is 0 Å². The van der Waals surface area contributed by atoms with Gasteiger partial charge in [-0.2, -0.15) is 0 Å². The predicted molar refractivity (Wildman–Crippen MR) is 137 cm³/mol. The van der Waals surface area contributed by atoms with Crippen LogP contribution in [0.1, 0.15) is 50.7 Å². The van der Waals surface area contributed by atoms with E-state index in [0.29, 0.717) is 17.5 Å². The quantitative estimate of drug-likeness (QED) is 0.232. The highest BCUT2D eigenvalue weighted by molar-refractivity contribution is 7.14. The number of anilines is 1. The summed E-state index contributed by atoms with van der Waals surface area (Å²) >= 11 is 1.41. The number of amides is 1. The summed E-state index contributed by atoms with van der Waals surface area (Å²) in [6, 6.07) is 14.0. The van der Waals surface area contributed by atoms with Gasteiger partial charge in [-0.15, -0.1) is 11.3 Å². The number of nitrogens with one attached hydrogen (secondary N) is 1. The molecule has 1 aromatic heterocycles. The molecule has 0 aliphatic heterocycles. The Kier molecular flexibility index (Phi) is 9.51. The van der Waals surface area contributed by atoms with E-state index in [1.807, 2.05) is 23.6 Å². The lowest BCUT2D eigenvalue weighted by Gasteiger charge is -2.11. The van der Waals surface area contributed by atoms with Crippen molar-refractivity contribution in [1.29, 1.82) is 0 Å². The zero-order valence-corrected chi connectivity index (χ0v) is 20.4. The molecular formula is C27H32N2O3S. The molecule has 3 rings (SSSR count). The lowest BCUT2D eigenvalue weighted by Crippen LogP contribution is -2.07. The number of unbranched alkanes of at least 4 members (excludes halogenated alkanes) is 3. The molecule has 0 radical (unpaired) electrons. The molecule has 0 saturated carbocycles. The number of benzene rings is 2. The topological polar surface area (TPSA) is 60.5 Å². The van der Waals surface area contributed by atoms with E-state index in [2.05, 4.69) is 48.4 Å². The molecule has 0 bridgehead atoms. The monoisotopic (exact) mass is 464 g/mol. The number of rotatable bonds is 12. The maximum Gasteiger partial charge on any atom is 0.250 e. The molecule has 2 aromatic carbocycles. The molecule has 174 valence electrons. The van der Waals surface area contributed by atoms with Gasteiger partial charge in [0, 0.05) is 17.0 Å². The molecule has 0 aliphatic rings. The number of nitrogens with zero attached hydrogens (tertiary/aromatic N) is 1. The number of aryl methyl sites for hydroxylation is 1. The number of hydrogen-bond donors (Lipinski definition) is 1. The molecule has 6 heteroatoms. The normalized spacial score (nSPS) is 11.0. The summed E-state index contributed by atoms with van der Waals surface area (Å²) < 4.78 is 11.3. The number of ether oxygens (including phenoxy) is 2. The van der Waals surface area contributed by atoms with Gasteiger partial charge in [0.05, 0.1) is 19.4 Å². The third-order valence-corrected chi connectivity index (χ3v) is 6.02. The molecule has 0 unspecified atom stereocenters. The fraction of sp³-hybridized carbons (Fsp3) is 0.333. The van der Waals surface area contributed by atoms with Gasteiger partial charge in [0.1, 0.15) is 0 Å². The van der Waals surface area contributed by atoms with Crippen LogP contribution < -0.4 is 14.8 Å². The fourth-order valence-corrected chi connectivity index (χ4v) is 4.03. The van der Waals surface area contributed by atoms with Gasteiger partial charge in [-0.05, 0) is 42.2 Å². The molecule has 3 aromatic rings. The van der Waals surface area contributed by atoms with Gasteiger partial charge >= 0.3 is 0 Å². The number of aromatic nitrogens is 1. The van der Waals surface area contributed by atoms with Crippen molar-refractivity contribution in [3.63, 3.8) is 0 Å². The van der Waals surface area contributed by atoms with Crippen LogP contribution in [0.3, 0.4) is 0 Å². The Balaban J connectivity index is 1.56. The molecule has 1 N–H and O–H groups in total. The SMILES string of the molecule is CCCCCCOc1ccc(/C=C/C(=O)Nc2nc(-c3ccc(CC)cc3)cs2)cc1OC. The molecule has 1 amide bonds. The van der Waals surface area contributed by atoms with Crippen molar-refractivity contribution in [2.75, 3.05) is 19.0 Å². The average Bonchev–Trinajstić information content (AvgIpc) is 3.31. The first-order valence-electron chi connectivity index (χ1n) is 11.5. The van der Waals surface area contributed by atoms with Crippen molar-refractivity contribution >= 4 is 28.5 Å². The minimum atomic E-state index is -0.229. The Hall–Kier alpha value is -3.12. The van der Waals surface area contributed by atoms with Crippen LogP contribution in [0, 0.1) is 0 Å². The molecule has 0 atom stereocenters. The Labute approximate surface area is 200 Å². The largest absolute Gasteiger partial charge is 0.493 e. The second-order valence-electron chi connectivity index (χ2n) is 7.73. The van der Waals surface area contributed by atoms with E-state index in [1.54, 1.807) is 13.2 Å². The lowest BCUT2D eigenvalue weighted by molar-refractivity contribution is -0.111. The molecule has 0 saturated heterocycles. The van der Waals surface area contributed by atoms with Crippen LogP contribution in [0.4, 0.5) is 5.13 Å². The Morgan fingerprint density at radius 1 is 1.06 bits per heavy atom. The molecule has 0 spiro atoms. The van der Waals surface area contributed by atoms with Gasteiger partial charge in [-0.3, -0.25) is 10.1 Å². The van der Waals surface area contributed by atoms with Gasteiger partial charge in [0.15, 0.2) is 16.6 Å². The first kappa shape index (κ1) is 24.5. The van der Waals surface area contributed by atoms with E-state index in [4.69, 9.17) is 9.47 Å². The molecule has 1 heterocycles. The van der Waals surface area contributed by atoms with Gasteiger partial charge in [0.25, 0.3) is 0 Å². The van der Waals surface area contributed by atoms with Crippen LogP contribution in [-0.2, 0) is 11.2 Å². The molecular weight excluding hydrogens is 432 g/mol. The Morgan fingerprint density at radius 3 is 2.61 bits per heavy atom. The maximum atomic E-state index is 12.4. The van der Waals surface area contributed by atoms with E-state index in [1.165, 1.54) is 42.2 Å². The summed E-state index contributed by atoms with van der Waals surface area (Å²) in [6.45, 7) is 5.00. The minimum Gasteiger partial charge on any atom is -0.493 e. The van der Waals surface area contributed by atoms with Crippen molar-refractivity contribution in [3.05, 3.63) is 65.0 Å². The van der Waals surface area contributed by atoms with E-state index in [9.17, 15) is 4.79 Å². The molecule has 0 aliphatic carbocycles. The summed E-state index contributed by atoms with van der Waals surface area (Å²) in [4.78, 5) is 16.9. The Bertz CT molecular complexity index is 1060. The zero-order valence-electron chi connectivity index (χ0n) is 19.6. The summed E-state index contributed by atoms with van der Waals surface area (Å²) in [7, 11) is 1.62. The first-order chi connectivity index (χ1) is 16.1. The van der Waals surface area contributed by atoms with Crippen LogP contribution in [-0.4, -0.2) is 24.6 Å². The predicted octanol–water partition coefficient (Wildman–Crippen LogP) is 6.99. The van der Waals surface area contributed by atoms with Crippen molar-refractivity contribution < 1.29 is 14.3 Å². The van der Waals surface area contributed by atoms with Crippen molar-refractivity contribution in [2.45, 2.75) is 46.0 Å². The average molecular weight is 465 g/mol. The standard InChI is InChI=1S/C27H32N2O3S/c1-4-6-7-8-17-32-24-15-11-21(18-25(24)31-3)12-16-26(30)29-27-28-23(19-33-27)22-13-9-20(5-2)10-14-22/h9-16,18-19H,4-8,17H2,1-3H3,(H,28,29,30)/b16-12+. The fourth-order valence-electron chi connectivity index (χ4n) is 3.31. The van der Waals surface area contributed by atoms with E-state index in [0.717, 1.165) is 35.4 Å². The number of methoxy groups -OCH3 is 1. The highest BCUT2D eigenvalue weighted by atomic mass is 32.1. The summed E-state index contributed by atoms with van der Waals surface area (Å²) in [5.41, 5.74) is 4.04. The second-order valence-corrected chi connectivity index (χ2v) is 8.59. The second kappa shape index (κ2) is 12.8. The smallest absolute Gasteiger partial charge is 0.250 e.